The van der Waals surface area contributed by atoms with Crippen molar-refractivity contribution < 1.29 is 18.3 Å². The molecule has 0 fully saturated rings. The van der Waals surface area contributed by atoms with Crippen molar-refractivity contribution >= 4 is 16.0 Å². The van der Waals surface area contributed by atoms with Gasteiger partial charge in [0.25, 0.3) is 0 Å². The van der Waals surface area contributed by atoms with E-state index in [1.165, 1.54) is 0 Å². The second-order valence-electron chi connectivity index (χ2n) is 3.23. The Balaban J connectivity index is 3.85. The van der Waals surface area contributed by atoms with Crippen LogP contribution in [0.4, 0.5) is 0 Å². The molecular formula is C9H17NO4S. The van der Waals surface area contributed by atoms with Crippen molar-refractivity contribution in [1.29, 1.82) is 0 Å². The Kier molecular flexibility index (Phi) is 6.19. The number of carboxylic acid groups (broad SMARTS) is 1. The van der Waals surface area contributed by atoms with E-state index < -0.39 is 16.0 Å². The molecule has 0 radical (unpaired) electrons. The quantitative estimate of drug-likeness (QED) is 0.608. The zero-order chi connectivity index (χ0) is 11.9. The van der Waals surface area contributed by atoms with Crippen molar-refractivity contribution in [2.24, 2.45) is 0 Å². The maximum Gasteiger partial charge on any atom is 0.331 e. The molecule has 5 nitrogen and oxygen atoms in total. The maximum atomic E-state index is 11.3. The molecule has 0 heterocycles. The smallest absolute Gasteiger partial charge is 0.331 e. The molecule has 0 saturated carbocycles. The molecule has 0 bridgehead atoms. The maximum absolute atomic E-state index is 11.3. The van der Waals surface area contributed by atoms with Crippen molar-refractivity contribution in [3.63, 3.8) is 0 Å². The van der Waals surface area contributed by atoms with Crippen LogP contribution in [0.5, 0.6) is 0 Å². The Bertz CT molecular complexity index is 321. The highest BCUT2D eigenvalue weighted by Crippen LogP contribution is 1.98. The number of hydrogen-bond donors (Lipinski definition) is 2. The van der Waals surface area contributed by atoms with E-state index in [1.807, 2.05) is 6.92 Å². The Hall–Kier alpha value is -0.880. The molecule has 2 N–H and O–H groups in total. The lowest BCUT2D eigenvalue weighted by Crippen LogP contribution is -2.28. The molecule has 0 aromatic carbocycles. The third kappa shape index (κ3) is 7.10. The summed E-state index contributed by atoms with van der Waals surface area (Å²) in [6.45, 7) is 5.30. The summed E-state index contributed by atoms with van der Waals surface area (Å²) >= 11 is 0. The number of nitrogens with one attached hydrogen (secondary N) is 1. The lowest BCUT2D eigenvalue weighted by Gasteiger charge is -2.05. The molecule has 0 aromatic heterocycles. The van der Waals surface area contributed by atoms with Gasteiger partial charge in [0.1, 0.15) is 0 Å². The van der Waals surface area contributed by atoms with Gasteiger partial charge in [-0.1, -0.05) is 19.9 Å². The first-order valence-corrected chi connectivity index (χ1v) is 6.42. The average Bonchev–Trinajstić information content (AvgIpc) is 2.14. The van der Waals surface area contributed by atoms with Crippen molar-refractivity contribution in [2.45, 2.75) is 26.2 Å². The van der Waals surface area contributed by atoms with Gasteiger partial charge in [0.2, 0.25) is 10.0 Å². The molecule has 88 valence electrons. The van der Waals surface area contributed by atoms with Gasteiger partial charge in [-0.15, -0.1) is 0 Å². The molecule has 0 saturated heterocycles. The minimum Gasteiger partial charge on any atom is -0.478 e. The Morgan fingerprint density at radius 1 is 1.47 bits per heavy atom. The molecule has 0 spiro atoms. The van der Waals surface area contributed by atoms with Crippen LogP contribution in [0.15, 0.2) is 12.2 Å². The second kappa shape index (κ2) is 6.58. The first-order valence-electron chi connectivity index (χ1n) is 4.77. The van der Waals surface area contributed by atoms with E-state index >= 15 is 0 Å². The lowest BCUT2D eigenvalue weighted by atomic mass is 10.2. The predicted octanol–water partition coefficient (Wildman–Crippen LogP) is 0.737. The van der Waals surface area contributed by atoms with Crippen LogP contribution in [0.1, 0.15) is 26.2 Å². The summed E-state index contributed by atoms with van der Waals surface area (Å²) in [4.78, 5) is 10.4. The van der Waals surface area contributed by atoms with Gasteiger partial charge < -0.3 is 5.11 Å². The third-order valence-electron chi connectivity index (χ3n) is 1.82. The van der Waals surface area contributed by atoms with E-state index in [-0.39, 0.29) is 24.3 Å². The first-order chi connectivity index (χ1) is 6.89. The van der Waals surface area contributed by atoms with Crippen LogP contribution >= 0.6 is 0 Å². The summed E-state index contributed by atoms with van der Waals surface area (Å²) in [5.74, 6) is -1.01. The largest absolute Gasteiger partial charge is 0.478 e. The second-order valence-corrected chi connectivity index (χ2v) is 5.15. The standard InChI is InChI=1S/C9H17NO4S/c1-3-4-7-15(13,14)10-6-5-8(2)9(11)12/h10H,2-7H2,1H3,(H,11,12). The highest BCUT2D eigenvalue weighted by molar-refractivity contribution is 7.89. The van der Waals surface area contributed by atoms with Gasteiger partial charge in [-0.05, 0) is 12.8 Å². The van der Waals surface area contributed by atoms with E-state index in [4.69, 9.17) is 5.11 Å². The molecule has 0 atom stereocenters. The van der Waals surface area contributed by atoms with Crippen molar-refractivity contribution in [1.82, 2.24) is 4.72 Å². The molecule has 0 rings (SSSR count). The summed E-state index contributed by atoms with van der Waals surface area (Å²) in [7, 11) is -3.25. The monoisotopic (exact) mass is 235 g/mol. The number of sulfonamides is 1. The fraction of sp³-hybridized carbons (Fsp3) is 0.667. The summed E-state index contributed by atoms with van der Waals surface area (Å²) < 4.78 is 24.8. The van der Waals surface area contributed by atoms with Crippen LogP contribution in [0.3, 0.4) is 0 Å². The van der Waals surface area contributed by atoms with Crippen LogP contribution in [-0.4, -0.2) is 31.8 Å². The van der Waals surface area contributed by atoms with E-state index in [0.29, 0.717) is 6.42 Å². The predicted molar refractivity (Wildman–Crippen MR) is 58.1 cm³/mol. The Morgan fingerprint density at radius 3 is 2.53 bits per heavy atom. The number of carboxylic acids is 1. The lowest BCUT2D eigenvalue weighted by molar-refractivity contribution is -0.132. The summed E-state index contributed by atoms with van der Waals surface area (Å²) in [6.07, 6.45) is 1.54. The van der Waals surface area contributed by atoms with Gasteiger partial charge in [-0.25, -0.2) is 17.9 Å². The van der Waals surface area contributed by atoms with Gasteiger partial charge in [-0.2, -0.15) is 0 Å². The molecule has 0 amide bonds. The number of hydrogen-bond acceptors (Lipinski definition) is 3. The van der Waals surface area contributed by atoms with Gasteiger partial charge in [0, 0.05) is 12.1 Å². The molecule has 15 heavy (non-hydrogen) atoms. The minimum absolute atomic E-state index is 0.00758. The van der Waals surface area contributed by atoms with Crippen molar-refractivity contribution in [2.75, 3.05) is 12.3 Å². The topological polar surface area (TPSA) is 83.5 Å². The SMILES string of the molecule is C=C(CCNS(=O)(=O)CCCC)C(=O)O. The molecule has 0 aliphatic rings. The fourth-order valence-electron chi connectivity index (χ4n) is 0.871. The number of carbonyl (C=O) groups is 1. The molecule has 6 heteroatoms. The van der Waals surface area contributed by atoms with Crippen LogP contribution in [0, 0.1) is 0 Å². The van der Waals surface area contributed by atoms with Gasteiger partial charge in [-0.3, -0.25) is 0 Å². The molecule has 0 aliphatic heterocycles. The van der Waals surface area contributed by atoms with E-state index in [1.54, 1.807) is 0 Å². The third-order valence-corrected chi connectivity index (χ3v) is 3.29. The highest BCUT2D eigenvalue weighted by Gasteiger charge is 2.10. The van der Waals surface area contributed by atoms with Crippen molar-refractivity contribution in [3.05, 3.63) is 12.2 Å². The average molecular weight is 235 g/mol. The minimum atomic E-state index is -3.25. The molecule has 0 aromatic rings. The summed E-state index contributed by atoms with van der Waals surface area (Å²) in [6, 6.07) is 0. The van der Waals surface area contributed by atoms with E-state index in [2.05, 4.69) is 11.3 Å². The Morgan fingerprint density at radius 2 is 2.07 bits per heavy atom. The highest BCUT2D eigenvalue weighted by atomic mass is 32.2. The normalized spacial score (nSPS) is 11.3. The van der Waals surface area contributed by atoms with Crippen molar-refractivity contribution in [3.8, 4) is 0 Å². The van der Waals surface area contributed by atoms with E-state index in [9.17, 15) is 13.2 Å². The zero-order valence-electron chi connectivity index (χ0n) is 8.82. The summed E-state index contributed by atoms with van der Waals surface area (Å²) in [5.41, 5.74) is 0.00758. The first kappa shape index (κ1) is 14.1. The van der Waals surface area contributed by atoms with Gasteiger partial charge in [0.15, 0.2) is 0 Å². The number of unbranched alkanes of at least 4 members (excludes halogenated alkanes) is 1. The van der Waals surface area contributed by atoms with E-state index in [0.717, 1.165) is 6.42 Å². The summed E-state index contributed by atoms with van der Waals surface area (Å²) in [5, 5.41) is 8.48. The van der Waals surface area contributed by atoms with Crippen LogP contribution in [-0.2, 0) is 14.8 Å². The Labute approximate surface area is 90.2 Å². The number of aliphatic carboxylic acids is 1. The zero-order valence-corrected chi connectivity index (χ0v) is 9.64. The van der Waals surface area contributed by atoms with Crippen LogP contribution in [0.2, 0.25) is 0 Å². The molecule has 0 aliphatic carbocycles. The fourth-order valence-corrected chi connectivity index (χ4v) is 2.10. The van der Waals surface area contributed by atoms with Gasteiger partial charge >= 0.3 is 5.97 Å². The van der Waals surface area contributed by atoms with Gasteiger partial charge in [0.05, 0.1) is 5.75 Å². The van der Waals surface area contributed by atoms with Crippen LogP contribution in [0.25, 0.3) is 0 Å². The molecule has 0 unspecified atom stereocenters. The molecular weight excluding hydrogens is 218 g/mol. The van der Waals surface area contributed by atoms with Crippen LogP contribution < -0.4 is 4.72 Å². The number of rotatable bonds is 8.